The molecule has 1 aliphatic rings. The van der Waals surface area contributed by atoms with Crippen molar-refractivity contribution in [3.8, 4) is 11.5 Å². The fourth-order valence-electron chi connectivity index (χ4n) is 2.68. The number of likely N-dealkylation sites (N-methyl/N-ethyl adjacent to an activating group) is 1. The Morgan fingerprint density at radius 3 is 2.36 bits per heavy atom. The van der Waals surface area contributed by atoms with Crippen LogP contribution in [0.4, 0.5) is 14.5 Å². The van der Waals surface area contributed by atoms with Gasteiger partial charge >= 0.3 is 0 Å². The number of ether oxygens (including phenoxy) is 2. The number of hydrogen-bond donors (Lipinski definition) is 1. The van der Waals surface area contributed by atoms with Crippen LogP contribution in [0, 0.1) is 11.6 Å². The molecule has 1 heterocycles. The molecule has 1 N–H and O–H groups in total. The molecule has 0 spiro atoms. The van der Waals surface area contributed by atoms with Gasteiger partial charge in [0.25, 0.3) is 0 Å². The number of fused-ring (bicyclic) bond motifs is 1. The van der Waals surface area contributed by atoms with E-state index in [-0.39, 0.29) is 6.54 Å². The van der Waals surface area contributed by atoms with E-state index in [9.17, 15) is 22.0 Å². The minimum atomic E-state index is -4.25. The fraction of sp³-hybridized carbons (Fsp3) is 0.278. The maximum absolute atomic E-state index is 13.4. The lowest BCUT2D eigenvalue weighted by Gasteiger charge is -2.21. The Hall–Kier alpha value is -2.72. The van der Waals surface area contributed by atoms with Crippen LogP contribution < -0.4 is 14.8 Å². The average molecular weight is 412 g/mol. The number of rotatable bonds is 6. The van der Waals surface area contributed by atoms with Gasteiger partial charge in [-0.05, 0) is 24.3 Å². The molecule has 10 heteroatoms. The number of carbonyl (C=O) groups is 1. The van der Waals surface area contributed by atoms with Gasteiger partial charge in [-0.2, -0.15) is 4.31 Å². The van der Waals surface area contributed by atoms with Crippen molar-refractivity contribution >= 4 is 21.6 Å². The quantitative estimate of drug-likeness (QED) is 0.788. The summed E-state index contributed by atoms with van der Waals surface area (Å²) in [5.41, 5.74) is 0.402. The molecule has 1 aliphatic heterocycles. The van der Waals surface area contributed by atoms with Crippen molar-refractivity contribution in [2.24, 2.45) is 0 Å². The summed E-state index contributed by atoms with van der Waals surface area (Å²) in [6, 6.07) is 6.79. The van der Waals surface area contributed by atoms with Crippen LogP contribution in [0.1, 0.15) is 6.92 Å². The van der Waals surface area contributed by atoms with Gasteiger partial charge in [-0.15, -0.1) is 0 Å². The van der Waals surface area contributed by atoms with Gasteiger partial charge in [-0.3, -0.25) is 4.79 Å². The minimum absolute atomic E-state index is 0.0605. The van der Waals surface area contributed by atoms with Gasteiger partial charge in [0, 0.05) is 24.4 Å². The minimum Gasteiger partial charge on any atom is -0.486 e. The summed E-state index contributed by atoms with van der Waals surface area (Å²) in [4.78, 5) is 11.8. The van der Waals surface area contributed by atoms with Crippen LogP contribution in [0.2, 0.25) is 0 Å². The van der Waals surface area contributed by atoms with E-state index in [1.165, 1.54) is 6.92 Å². The summed E-state index contributed by atoms with van der Waals surface area (Å²) >= 11 is 0. The van der Waals surface area contributed by atoms with Crippen LogP contribution in [0.3, 0.4) is 0 Å². The highest BCUT2D eigenvalue weighted by molar-refractivity contribution is 7.89. The maximum atomic E-state index is 13.4. The first-order valence-corrected chi connectivity index (χ1v) is 9.89. The lowest BCUT2D eigenvalue weighted by atomic mass is 10.2. The molecule has 0 aromatic heterocycles. The number of amides is 1. The van der Waals surface area contributed by atoms with Crippen molar-refractivity contribution in [3.63, 3.8) is 0 Å². The number of hydrogen-bond acceptors (Lipinski definition) is 5. The monoisotopic (exact) mass is 412 g/mol. The van der Waals surface area contributed by atoms with Gasteiger partial charge in [0.2, 0.25) is 15.9 Å². The molecule has 0 unspecified atom stereocenters. The van der Waals surface area contributed by atoms with E-state index in [0.717, 1.165) is 4.31 Å². The molecular weight excluding hydrogens is 394 g/mol. The molecule has 0 fully saturated rings. The molecule has 0 bridgehead atoms. The average Bonchev–Trinajstić information content (AvgIpc) is 2.65. The van der Waals surface area contributed by atoms with E-state index in [1.54, 1.807) is 18.2 Å². The molecule has 0 saturated heterocycles. The molecule has 7 nitrogen and oxygen atoms in total. The maximum Gasteiger partial charge on any atom is 0.243 e. The number of carbonyl (C=O) groups excluding carboxylic acids is 1. The van der Waals surface area contributed by atoms with E-state index >= 15 is 0 Å². The van der Waals surface area contributed by atoms with Crippen molar-refractivity contribution in [3.05, 3.63) is 48.0 Å². The second-order valence-corrected chi connectivity index (χ2v) is 7.88. The number of nitrogens with one attached hydrogen (secondary N) is 1. The fourth-order valence-corrected chi connectivity index (χ4v) is 4.12. The number of anilines is 1. The second-order valence-electron chi connectivity index (χ2n) is 5.94. The van der Waals surface area contributed by atoms with Crippen LogP contribution in [0.15, 0.2) is 41.3 Å². The number of sulfonamides is 1. The summed E-state index contributed by atoms with van der Waals surface area (Å²) in [7, 11) is -4.25. The number of benzene rings is 2. The van der Waals surface area contributed by atoms with E-state index in [1.807, 2.05) is 0 Å². The molecule has 0 saturated carbocycles. The zero-order valence-electron chi connectivity index (χ0n) is 14.9. The summed E-state index contributed by atoms with van der Waals surface area (Å²) in [6.07, 6.45) is 0. The Morgan fingerprint density at radius 2 is 1.71 bits per heavy atom. The zero-order valence-corrected chi connectivity index (χ0v) is 15.8. The SMILES string of the molecule is CCN(CC(=O)Nc1ccc2c(c1)OCCO2)S(=O)(=O)c1cc(F)cc(F)c1. The summed E-state index contributed by atoms with van der Waals surface area (Å²) < 4.78 is 63.7. The van der Waals surface area contributed by atoms with E-state index in [4.69, 9.17) is 9.47 Å². The van der Waals surface area contributed by atoms with Crippen LogP contribution in [-0.2, 0) is 14.8 Å². The van der Waals surface area contributed by atoms with Gasteiger partial charge < -0.3 is 14.8 Å². The molecule has 0 aliphatic carbocycles. The van der Waals surface area contributed by atoms with Gasteiger partial charge in [0.15, 0.2) is 11.5 Å². The predicted molar refractivity (Wildman–Crippen MR) is 96.9 cm³/mol. The van der Waals surface area contributed by atoms with E-state index in [0.29, 0.717) is 48.6 Å². The third-order valence-corrected chi connectivity index (χ3v) is 5.87. The number of nitrogens with zero attached hydrogens (tertiary/aromatic N) is 1. The molecular formula is C18H18F2N2O5S. The Bertz CT molecular complexity index is 977. The Kier molecular flexibility index (Phi) is 5.80. The summed E-state index contributed by atoms with van der Waals surface area (Å²) in [5.74, 6) is -1.63. The summed E-state index contributed by atoms with van der Waals surface area (Å²) in [5, 5.41) is 2.57. The molecule has 0 atom stereocenters. The first-order chi connectivity index (χ1) is 13.3. The number of halogens is 2. The first-order valence-electron chi connectivity index (χ1n) is 8.45. The largest absolute Gasteiger partial charge is 0.486 e. The molecule has 0 radical (unpaired) electrons. The van der Waals surface area contributed by atoms with Crippen molar-refractivity contribution in [2.75, 3.05) is 31.6 Å². The molecule has 2 aromatic carbocycles. The lowest BCUT2D eigenvalue weighted by molar-refractivity contribution is -0.116. The van der Waals surface area contributed by atoms with Gasteiger partial charge in [-0.25, -0.2) is 17.2 Å². The molecule has 150 valence electrons. The Balaban J connectivity index is 1.74. The standard InChI is InChI=1S/C18H18F2N2O5S/c1-2-22(28(24,25)15-8-12(19)7-13(20)9-15)11-18(23)21-14-3-4-16-17(10-14)27-6-5-26-16/h3-4,7-10H,2,5-6,11H2,1H3,(H,21,23). The Labute approximate surface area is 160 Å². The topological polar surface area (TPSA) is 84.9 Å². The molecule has 3 rings (SSSR count). The van der Waals surface area contributed by atoms with Crippen molar-refractivity contribution < 1.29 is 31.5 Å². The third kappa shape index (κ3) is 4.39. The Morgan fingerprint density at radius 1 is 1.07 bits per heavy atom. The predicted octanol–water partition coefficient (Wildman–Crippen LogP) is 2.39. The highest BCUT2D eigenvalue weighted by atomic mass is 32.2. The van der Waals surface area contributed by atoms with Crippen LogP contribution >= 0.6 is 0 Å². The molecule has 1 amide bonds. The van der Waals surface area contributed by atoms with Gasteiger partial charge in [0.1, 0.15) is 24.8 Å². The molecule has 2 aromatic rings. The highest BCUT2D eigenvalue weighted by Gasteiger charge is 2.26. The van der Waals surface area contributed by atoms with Crippen molar-refractivity contribution in [1.82, 2.24) is 4.31 Å². The lowest BCUT2D eigenvalue weighted by Crippen LogP contribution is -2.38. The first kappa shape index (κ1) is 20.0. The van der Waals surface area contributed by atoms with Crippen LogP contribution in [0.5, 0.6) is 11.5 Å². The molecule has 28 heavy (non-hydrogen) atoms. The summed E-state index contributed by atoms with van der Waals surface area (Å²) in [6.45, 7) is 1.75. The van der Waals surface area contributed by atoms with Crippen LogP contribution in [0.25, 0.3) is 0 Å². The third-order valence-electron chi connectivity index (χ3n) is 3.97. The normalized spacial score (nSPS) is 13.4. The van der Waals surface area contributed by atoms with Crippen molar-refractivity contribution in [1.29, 1.82) is 0 Å². The highest BCUT2D eigenvalue weighted by Crippen LogP contribution is 2.32. The second kappa shape index (κ2) is 8.11. The van der Waals surface area contributed by atoms with E-state index in [2.05, 4.69) is 5.32 Å². The van der Waals surface area contributed by atoms with E-state index < -0.39 is 39.0 Å². The van der Waals surface area contributed by atoms with Crippen LogP contribution in [-0.4, -0.2) is 44.9 Å². The van der Waals surface area contributed by atoms with Crippen molar-refractivity contribution in [2.45, 2.75) is 11.8 Å². The smallest absolute Gasteiger partial charge is 0.243 e. The van der Waals surface area contributed by atoms with Gasteiger partial charge in [0.05, 0.1) is 11.4 Å². The zero-order chi connectivity index (χ0) is 20.3. The van der Waals surface area contributed by atoms with Gasteiger partial charge in [-0.1, -0.05) is 6.92 Å².